The quantitative estimate of drug-likeness (QED) is 0.203. The van der Waals surface area contributed by atoms with Crippen LogP contribution in [0.15, 0.2) is 11.3 Å². The van der Waals surface area contributed by atoms with Crippen molar-refractivity contribution in [2.75, 3.05) is 6.61 Å². The first-order valence-electron chi connectivity index (χ1n) is 8.58. The average Bonchev–Trinajstić information content (AvgIpc) is 2.56. The molecule has 2 atom stereocenters. The summed E-state index contributed by atoms with van der Waals surface area (Å²) in [4.78, 5) is 11.4. The summed E-state index contributed by atoms with van der Waals surface area (Å²) in [5, 5.41) is 0. The van der Waals surface area contributed by atoms with Gasteiger partial charge in [0.25, 0.3) is 0 Å². The minimum Gasteiger partial charge on any atom is -0.488 e. The maximum absolute atomic E-state index is 14.4. The van der Waals surface area contributed by atoms with Gasteiger partial charge in [0, 0.05) is 0 Å². The Kier molecular flexibility index (Phi) is 9.14. The number of rotatable bonds is 8. The van der Waals surface area contributed by atoms with Crippen LogP contribution < -0.4 is 0 Å². The highest BCUT2D eigenvalue weighted by Gasteiger charge is 2.81. The van der Waals surface area contributed by atoms with Gasteiger partial charge in [0.05, 0.1) is 24.7 Å². The smallest absolute Gasteiger partial charge is 0.449 e. The van der Waals surface area contributed by atoms with E-state index in [0.717, 1.165) is 0 Å². The molecule has 0 N–H and O–H groups in total. The Morgan fingerprint density at radius 2 is 1.21 bits per heavy atom. The number of allylic oxidation sites excluding steroid dienone is 2. The van der Waals surface area contributed by atoms with Crippen LogP contribution in [0.1, 0.15) is 33.6 Å². The number of carbonyl (C=O) groups excluding carboxylic acids is 1. The summed E-state index contributed by atoms with van der Waals surface area (Å²) < 4.78 is 193. The van der Waals surface area contributed by atoms with Crippen LogP contribution in [0, 0.1) is 0 Å². The van der Waals surface area contributed by atoms with E-state index in [1.807, 2.05) is 0 Å². The van der Waals surface area contributed by atoms with Crippen LogP contribution in [-0.4, -0.2) is 54.7 Å². The molecule has 0 radical (unpaired) electrons. The molecule has 0 aliphatic heterocycles. The van der Waals surface area contributed by atoms with Crippen LogP contribution in [-0.2, 0) is 14.3 Å². The fourth-order valence-corrected chi connectivity index (χ4v) is 2.18. The third kappa shape index (κ3) is 6.77. The first kappa shape index (κ1) is 31.0. The number of hydrogen-bond donors (Lipinski definition) is 0. The van der Waals surface area contributed by atoms with E-state index in [1.54, 1.807) is 0 Å². The molecule has 0 aliphatic rings. The number of halogens is 14. The number of alkyl halides is 14. The molecule has 0 aromatic carbocycles. The highest BCUT2D eigenvalue weighted by molar-refractivity contribution is 5.69. The van der Waals surface area contributed by atoms with E-state index >= 15 is 0 Å². The van der Waals surface area contributed by atoms with E-state index in [0.29, 0.717) is 0 Å². The summed E-state index contributed by atoms with van der Waals surface area (Å²) in [5.41, 5.74) is -18.1. The van der Waals surface area contributed by atoms with Crippen molar-refractivity contribution >= 4 is 5.97 Å². The van der Waals surface area contributed by atoms with E-state index < -0.39 is 79.4 Å². The monoisotopic (exact) mass is 522 g/mol. The van der Waals surface area contributed by atoms with Crippen molar-refractivity contribution in [3.8, 4) is 0 Å². The SMILES string of the molecule is CCC(C)OC(=O)CCO/C(=C(\C(C)(F)C(F)(F)F)C(F)(C(F)(F)F)C(F)(F)F)C(F)(F)F. The topological polar surface area (TPSA) is 35.5 Å². The van der Waals surface area contributed by atoms with Crippen LogP contribution in [0.3, 0.4) is 0 Å². The molecule has 0 aliphatic carbocycles. The molecule has 0 bridgehead atoms. The van der Waals surface area contributed by atoms with Crippen molar-refractivity contribution in [2.24, 2.45) is 0 Å². The van der Waals surface area contributed by atoms with Crippen LogP contribution in [0.5, 0.6) is 0 Å². The number of hydrogen-bond acceptors (Lipinski definition) is 3. The number of carbonyl (C=O) groups is 1. The molecule has 0 rings (SSSR count). The fraction of sp³-hybridized carbons (Fsp3) is 0.812. The van der Waals surface area contributed by atoms with E-state index in [4.69, 9.17) is 0 Å². The van der Waals surface area contributed by atoms with Gasteiger partial charge in [0.1, 0.15) is 0 Å². The molecule has 0 aromatic rings. The Morgan fingerprint density at radius 1 is 0.788 bits per heavy atom. The van der Waals surface area contributed by atoms with Crippen LogP contribution >= 0.6 is 0 Å². The van der Waals surface area contributed by atoms with Gasteiger partial charge in [-0.15, -0.1) is 0 Å². The van der Waals surface area contributed by atoms with Gasteiger partial charge in [-0.05, 0) is 20.3 Å². The second-order valence-corrected chi connectivity index (χ2v) is 6.66. The molecule has 17 heteroatoms. The first-order chi connectivity index (χ1) is 14.4. The Labute approximate surface area is 176 Å². The zero-order valence-corrected chi connectivity index (χ0v) is 16.7. The molecule has 196 valence electrons. The summed E-state index contributed by atoms with van der Waals surface area (Å²) in [6.45, 7) is -0.243. The second kappa shape index (κ2) is 9.72. The normalized spacial score (nSPS) is 17.7. The number of ether oxygens (including phenoxy) is 2. The first-order valence-corrected chi connectivity index (χ1v) is 8.58. The minimum absolute atomic E-state index is 0.164. The van der Waals surface area contributed by atoms with Crippen molar-refractivity contribution < 1.29 is 75.7 Å². The third-order valence-electron chi connectivity index (χ3n) is 4.07. The average molecular weight is 522 g/mol. The fourth-order valence-electron chi connectivity index (χ4n) is 2.18. The van der Waals surface area contributed by atoms with Gasteiger partial charge in [0.15, 0.2) is 0 Å². The summed E-state index contributed by atoms with van der Waals surface area (Å²) in [6.07, 6.45) is -30.7. The largest absolute Gasteiger partial charge is 0.488 e. The van der Waals surface area contributed by atoms with Gasteiger partial charge in [-0.25, -0.2) is 8.78 Å². The van der Waals surface area contributed by atoms with Crippen molar-refractivity contribution in [2.45, 2.75) is 75.8 Å². The van der Waals surface area contributed by atoms with E-state index in [1.165, 1.54) is 13.8 Å². The minimum atomic E-state index is -7.55. The van der Waals surface area contributed by atoms with Crippen LogP contribution in [0.2, 0.25) is 0 Å². The highest BCUT2D eigenvalue weighted by atomic mass is 19.4. The second-order valence-electron chi connectivity index (χ2n) is 6.66. The van der Waals surface area contributed by atoms with Gasteiger partial charge < -0.3 is 9.47 Å². The summed E-state index contributed by atoms with van der Waals surface area (Å²) in [6, 6.07) is 0. The molecule has 3 nitrogen and oxygen atoms in total. The van der Waals surface area contributed by atoms with E-state index in [-0.39, 0.29) is 6.42 Å². The van der Waals surface area contributed by atoms with Gasteiger partial charge in [-0.1, -0.05) is 6.92 Å². The molecule has 0 spiro atoms. The van der Waals surface area contributed by atoms with Gasteiger partial charge in [-0.2, -0.15) is 52.7 Å². The zero-order valence-electron chi connectivity index (χ0n) is 16.7. The van der Waals surface area contributed by atoms with Crippen LogP contribution in [0.25, 0.3) is 0 Å². The molecule has 0 aromatic heterocycles. The molecule has 2 unspecified atom stereocenters. The lowest BCUT2D eigenvalue weighted by Crippen LogP contribution is -2.62. The Balaban J connectivity index is 7.00. The number of esters is 1. The molecule has 0 saturated heterocycles. The lowest BCUT2D eigenvalue weighted by atomic mass is 9.81. The predicted octanol–water partition coefficient (Wildman–Crippen LogP) is 6.67. The summed E-state index contributed by atoms with van der Waals surface area (Å²) in [5.74, 6) is -5.30. The lowest BCUT2D eigenvalue weighted by Gasteiger charge is -2.39. The molecule has 0 fully saturated rings. The highest BCUT2D eigenvalue weighted by Crippen LogP contribution is 2.59. The molecular weight excluding hydrogens is 506 g/mol. The van der Waals surface area contributed by atoms with Crippen LogP contribution in [0.4, 0.5) is 61.5 Å². The zero-order chi connectivity index (χ0) is 26.8. The van der Waals surface area contributed by atoms with Crippen molar-refractivity contribution in [1.82, 2.24) is 0 Å². The van der Waals surface area contributed by atoms with Crippen molar-refractivity contribution in [1.29, 1.82) is 0 Å². The Hall–Kier alpha value is -1.97. The third-order valence-corrected chi connectivity index (χ3v) is 4.07. The maximum atomic E-state index is 14.4. The van der Waals surface area contributed by atoms with E-state index in [2.05, 4.69) is 9.47 Å². The lowest BCUT2D eigenvalue weighted by molar-refractivity contribution is -0.338. The standard InChI is InChI=1S/C16H16F14O3/c1-4-7(2)33-8(31)5-6-32-10(13(19,20)21)9(11(3,17)14(22,23)24)12(18,15(25,26)27)16(28,29)30/h7H,4-6H2,1-3H3/b10-9+. The van der Waals surface area contributed by atoms with Crippen molar-refractivity contribution in [3.63, 3.8) is 0 Å². The molecule has 0 saturated carbocycles. The van der Waals surface area contributed by atoms with Crippen molar-refractivity contribution in [3.05, 3.63) is 11.3 Å². The van der Waals surface area contributed by atoms with Gasteiger partial charge in [0.2, 0.25) is 11.4 Å². The summed E-state index contributed by atoms with van der Waals surface area (Å²) >= 11 is 0. The summed E-state index contributed by atoms with van der Waals surface area (Å²) in [7, 11) is 0. The molecule has 0 heterocycles. The van der Waals surface area contributed by atoms with Gasteiger partial charge >= 0.3 is 36.3 Å². The molecule has 0 amide bonds. The Bertz CT molecular complexity index is 698. The van der Waals surface area contributed by atoms with Gasteiger partial charge in [-0.3, -0.25) is 4.79 Å². The predicted molar refractivity (Wildman–Crippen MR) is 81.0 cm³/mol. The molecule has 33 heavy (non-hydrogen) atoms. The molecular formula is C16H16F14O3. The Morgan fingerprint density at radius 3 is 1.52 bits per heavy atom. The maximum Gasteiger partial charge on any atom is 0.449 e. The van der Waals surface area contributed by atoms with E-state index in [9.17, 15) is 66.3 Å².